The number of hydrogen-bond acceptors (Lipinski definition) is 2. The molecule has 1 rings (SSSR count). The lowest BCUT2D eigenvalue weighted by molar-refractivity contribution is 0.299. The van der Waals surface area contributed by atoms with Crippen molar-refractivity contribution in [2.75, 3.05) is 6.61 Å². The Morgan fingerprint density at radius 3 is 2.92 bits per heavy atom. The van der Waals surface area contributed by atoms with Crippen molar-refractivity contribution in [3.05, 3.63) is 40.8 Å². The third kappa shape index (κ3) is 2.21. The second-order valence-electron chi connectivity index (χ2n) is 2.72. The predicted molar refractivity (Wildman–Crippen MR) is 52.3 cm³/mol. The molecular weight excluding hydrogens is 166 g/mol. The fraction of sp³-hybridized carbons (Fsp3) is 0.300. The Morgan fingerprint density at radius 2 is 2.38 bits per heavy atom. The van der Waals surface area contributed by atoms with Gasteiger partial charge in [0.15, 0.2) is 0 Å². The summed E-state index contributed by atoms with van der Waals surface area (Å²) in [4.78, 5) is 11.2. The van der Waals surface area contributed by atoms with Crippen LogP contribution in [0.25, 0.3) is 5.76 Å². The zero-order valence-electron chi connectivity index (χ0n) is 7.91. The average Bonchev–Trinajstić information content (AvgIpc) is 2.10. The number of rotatable bonds is 3. The van der Waals surface area contributed by atoms with Crippen LogP contribution < -0.4 is 5.56 Å². The third-order valence-electron chi connectivity index (χ3n) is 1.74. The maximum Gasteiger partial charge on any atom is 0.250 e. The number of ether oxygens (including phenoxy) is 1. The summed E-state index contributed by atoms with van der Waals surface area (Å²) in [5, 5.41) is 0. The molecule has 0 atom stereocenters. The van der Waals surface area contributed by atoms with Crippen LogP contribution in [0.3, 0.4) is 0 Å². The van der Waals surface area contributed by atoms with Crippen LogP contribution in [0.1, 0.15) is 12.5 Å². The molecule has 0 N–H and O–H groups in total. The Bertz CT molecular complexity index is 365. The van der Waals surface area contributed by atoms with E-state index in [2.05, 4.69) is 6.58 Å². The van der Waals surface area contributed by atoms with Gasteiger partial charge in [-0.2, -0.15) is 0 Å². The molecule has 0 aliphatic carbocycles. The van der Waals surface area contributed by atoms with E-state index in [-0.39, 0.29) is 5.56 Å². The van der Waals surface area contributed by atoms with E-state index in [9.17, 15) is 4.79 Å². The maximum atomic E-state index is 11.2. The van der Waals surface area contributed by atoms with Gasteiger partial charge in [-0.15, -0.1) is 0 Å². The molecule has 0 aliphatic heterocycles. The highest BCUT2D eigenvalue weighted by molar-refractivity contribution is 5.56. The molecule has 0 bridgehead atoms. The van der Waals surface area contributed by atoms with Gasteiger partial charge in [0, 0.05) is 24.9 Å². The minimum Gasteiger partial charge on any atom is -0.494 e. The van der Waals surface area contributed by atoms with Gasteiger partial charge in [-0.25, -0.2) is 0 Å². The molecule has 0 radical (unpaired) electrons. The standard InChI is InChI=1S/C10H13NO2/c1-4-13-8(2)9-5-6-11(3)10(12)7-9/h5-7H,2,4H2,1,3H3. The fourth-order valence-corrected chi connectivity index (χ4v) is 0.980. The Labute approximate surface area is 77.3 Å². The van der Waals surface area contributed by atoms with Crippen LogP contribution in [0.15, 0.2) is 29.7 Å². The lowest BCUT2D eigenvalue weighted by atomic mass is 10.2. The van der Waals surface area contributed by atoms with Crippen LogP contribution in [-0.2, 0) is 11.8 Å². The monoisotopic (exact) mass is 179 g/mol. The van der Waals surface area contributed by atoms with Crippen LogP contribution in [0, 0.1) is 0 Å². The molecule has 13 heavy (non-hydrogen) atoms. The van der Waals surface area contributed by atoms with Crippen molar-refractivity contribution >= 4 is 5.76 Å². The highest BCUT2D eigenvalue weighted by Gasteiger charge is 1.99. The largest absolute Gasteiger partial charge is 0.494 e. The van der Waals surface area contributed by atoms with E-state index in [1.165, 1.54) is 10.6 Å². The van der Waals surface area contributed by atoms with Gasteiger partial charge in [-0.05, 0) is 13.0 Å². The van der Waals surface area contributed by atoms with E-state index < -0.39 is 0 Å². The molecule has 0 saturated carbocycles. The molecular formula is C10H13NO2. The zero-order valence-corrected chi connectivity index (χ0v) is 7.91. The molecule has 1 heterocycles. The Morgan fingerprint density at radius 1 is 1.69 bits per heavy atom. The van der Waals surface area contributed by atoms with Crippen LogP contribution in [0.2, 0.25) is 0 Å². The van der Waals surface area contributed by atoms with Crippen molar-refractivity contribution in [1.82, 2.24) is 4.57 Å². The molecule has 70 valence electrons. The molecule has 0 spiro atoms. The van der Waals surface area contributed by atoms with Gasteiger partial charge in [0.1, 0.15) is 5.76 Å². The van der Waals surface area contributed by atoms with Crippen molar-refractivity contribution < 1.29 is 4.74 Å². The number of pyridine rings is 1. The quantitative estimate of drug-likeness (QED) is 0.656. The van der Waals surface area contributed by atoms with E-state index >= 15 is 0 Å². The summed E-state index contributed by atoms with van der Waals surface area (Å²) in [5.41, 5.74) is 0.684. The Balaban J connectivity index is 2.97. The van der Waals surface area contributed by atoms with Crippen LogP contribution in [0.5, 0.6) is 0 Å². The minimum absolute atomic E-state index is 0.0571. The molecule has 0 aliphatic rings. The van der Waals surface area contributed by atoms with Crippen molar-refractivity contribution in [2.24, 2.45) is 7.05 Å². The van der Waals surface area contributed by atoms with Gasteiger partial charge >= 0.3 is 0 Å². The van der Waals surface area contributed by atoms with E-state index in [0.29, 0.717) is 12.4 Å². The van der Waals surface area contributed by atoms with Crippen LogP contribution >= 0.6 is 0 Å². The van der Waals surface area contributed by atoms with Gasteiger partial charge in [-0.3, -0.25) is 4.79 Å². The number of hydrogen-bond donors (Lipinski definition) is 0. The molecule has 0 saturated heterocycles. The molecule has 3 nitrogen and oxygen atoms in total. The Hall–Kier alpha value is -1.51. The number of aromatic nitrogens is 1. The maximum absolute atomic E-state index is 11.2. The second-order valence-corrected chi connectivity index (χ2v) is 2.72. The first kappa shape index (κ1) is 9.58. The van der Waals surface area contributed by atoms with Crippen molar-refractivity contribution in [3.63, 3.8) is 0 Å². The number of aryl methyl sites for hydroxylation is 1. The van der Waals surface area contributed by atoms with Gasteiger partial charge in [0.2, 0.25) is 0 Å². The van der Waals surface area contributed by atoms with E-state index in [1.54, 1.807) is 19.3 Å². The zero-order chi connectivity index (χ0) is 9.84. The normalized spacial score (nSPS) is 9.69. The topological polar surface area (TPSA) is 31.2 Å². The van der Waals surface area contributed by atoms with Crippen molar-refractivity contribution in [1.29, 1.82) is 0 Å². The van der Waals surface area contributed by atoms with Crippen molar-refractivity contribution in [3.8, 4) is 0 Å². The summed E-state index contributed by atoms with van der Waals surface area (Å²) in [6.45, 7) is 6.16. The van der Waals surface area contributed by atoms with Gasteiger partial charge in [-0.1, -0.05) is 6.58 Å². The fourth-order valence-electron chi connectivity index (χ4n) is 0.980. The molecule has 1 aromatic rings. The van der Waals surface area contributed by atoms with Crippen molar-refractivity contribution in [2.45, 2.75) is 6.92 Å². The summed E-state index contributed by atoms with van der Waals surface area (Å²) in [5.74, 6) is 0.542. The first-order valence-corrected chi connectivity index (χ1v) is 4.14. The molecule has 1 aromatic heterocycles. The molecule has 0 aromatic carbocycles. The molecule has 0 amide bonds. The third-order valence-corrected chi connectivity index (χ3v) is 1.74. The van der Waals surface area contributed by atoms with Gasteiger partial charge in [0.05, 0.1) is 6.61 Å². The van der Waals surface area contributed by atoms with Crippen LogP contribution in [0.4, 0.5) is 0 Å². The first-order valence-electron chi connectivity index (χ1n) is 4.14. The lowest BCUT2D eigenvalue weighted by Gasteiger charge is -2.06. The molecule has 0 unspecified atom stereocenters. The molecule has 3 heteroatoms. The summed E-state index contributed by atoms with van der Waals surface area (Å²) in [7, 11) is 1.70. The average molecular weight is 179 g/mol. The summed E-state index contributed by atoms with van der Waals surface area (Å²) in [6, 6.07) is 3.32. The SMILES string of the molecule is C=C(OCC)c1ccn(C)c(=O)c1. The van der Waals surface area contributed by atoms with Gasteiger partial charge in [0.25, 0.3) is 5.56 Å². The number of nitrogens with zero attached hydrogens (tertiary/aromatic N) is 1. The Kier molecular flexibility index (Phi) is 2.90. The summed E-state index contributed by atoms with van der Waals surface area (Å²) in [6.07, 6.45) is 1.70. The minimum atomic E-state index is -0.0571. The highest BCUT2D eigenvalue weighted by atomic mass is 16.5. The lowest BCUT2D eigenvalue weighted by Crippen LogP contribution is -2.15. The van der Waals surface area contributed by atoms with E-state index in [4.69, 9.17) is 4.74 Å². The smallest absolute Gasteiger partial charge is 0.250 e. The second kappa shape index (κ2) is 3.94. The first-order chi connectivity index (χ1) is 6.15. The predicted octanol–water partition coefficient (Wildman–Crippen LogP) is 1.39. The highest BCUT2D eigenvalue weighted by Crippen LogP contribution is 2.09. The summed E-state index contributed by atoms with van der Waals surface area (Å²) >= 11 is 0. The molecule has 0 fully saturated rings. The summed E-state index contributed by atoms with van der Waals surface area (Å²) < 4.78 is 6.68. The van der Waals surface area contributed by atoms with E-state index in [1.807, 2.05) is 6.92 Å². The van der Waals surface area contributed by atoms with Gasteiger partial charge < -0.3 is 9.30 Å². The van der Waals surface area contributed by atoms with E-state index in [0.717, 1.165) is 5.56 Å². The van der Waals surface area contributed by atoms with Crippen LogP contribution in [-0.4, -0.2) is 11.2 Å².